The Morgan fingerprint density at radius 3 is 2.24 bits per heavy atom. The van der Waals surface area contributed by atoms with Gasteiger partial charge < -0.3 is 9.80 Å². The third kappa shape index (κ3) is 4.18. The monoisotopic (exact) mass is 311 g/mol. The summed E-state index contributed by atoms with van der Waals surface area (Å²) in [5, 5.41) is 0. The maximum atomic E-state index is 12.3. The number of carbonyl (C=O) groups is 1. The fraction of sp³-hybridized carbons (Fsp3) is 0.500. The predicted octanol–water partition coefficient (Wildman–Crippen LogP) is 0.836. The van der Waals surface area contributed by atoms with Crippen LogP contribution in [0, 0.1) is 0 Å². The minimum absolute atomic E-state index is 0.00648. The smallest absolute Gasteiger partial charge is 0.253 e. The van der Waals surface area contributed by atoms with Gasteiger partial charge in [0.05, 0.1) is 5.75 Å². The molecule has 21 heavy (non-hydrogen) atoms. The van der Waals surface area contributed by atoms with E-state index in [9.17, 15) is 13.2 Å². The lowest BCUT2D eigenvalue weighted by Gasteiger charge is -2.32. The number of hydrogen-bond donors (Lipinski definition) is 1. The molecule has 0 spiro atoms. The molecule has 0 aliphatic carbocycles. The quantitative estimate of drug-likeness (QED) is 0.894. The van der Waals surface area contributed by atoms with E-state index < -0.39 is 10.0 Å². The molecule has 0 bridgehead atoms. The Kier molecular flexibility index (Phi) is 4.84. The van der Waals surface area contributed by atoms with Crippen LogP contribution in [0.15, 0.2) is 24.3 Å². The summed E-state index contributed by atoms with van der Waals surface area (Å²) in [7, 11) is -1.24. The van der Waals surface area contributed by atoms with Gasteiger partial charge in [0.25, 0.3) is 5.91 Å². The Morgan fingerprint density at radius 2 is 1.71 bits per heavy atom. The number of likely N-dealkylation sites (N-methyl/N-ethyl adjacent to an activating group) is 1. The fourth-order valence-corrected chi connectivity index (χ4v) is 2.76. The largest absolute Gasteiger partial charge is 0.336 e. The molecular formula is C14H21N3O3S. The molecule has 0 saturated carbocycles. The van der Waals surface area contributed by atoms with Gasteiger partial charge in [0.1, 0.15) is 0 Å². The standard InChI is InChI=1S/C14H21N3O3S/c1-3-21(19,20)15-13-6-4-12(5-7-13)14(18)17-10-8-16(2)9-11-17/h4-7,15H,3,8-11H2,1-2H3. The van der Waals surface area contributed by atoms with Crippen molar-refractivity contribution in [1.29, 1.82) is 0 Å². The molecular weight excluding hydrogens is 290 g/mol. The van der Waals surface area contributed by atoms with Gasteiger partial charge in [0, 0.05) is 37.4 Å². The maximum Gasteiger partial charge on any atom is 0.253 e. The van der Waals surface area contributed by atoms with E-state index >= 15 is 0 Å². The Balaban J connectivity index is 2.03. The zero-order chi connectivity index (χ0) is 15.5. The van der Waals surface area contributed by atoms with Crippen LogP contribution in [0.25, 0.3) is 0 Å². The number of anilines is 1. The summed E-state index contributed by atoms with van der Waals surface area (Å²) in [6.07, 6.45) is 0. The van der Waals surface area contributed by atoms with Crippen molar-refractivity contribution in [2.45, 2.75) is 6.92 Å². The summed E-state index contributed by atoms with van der Waals surface area (Å²) < 4.78 is 25.4. The van der Waals surface area contributed by atoms with Crippen molar-refractivity contribution in [2.75, 3.05) is 43.7 Å². The van der Waals surface area contributed by atoms with Gasteiger partial charge in [-0.2, -0.15) is 0 Å². The average molecular weight is 311 g/mol. The van der Waals surface area contributed by atoms with Gasteiger partial charge in [-0.25, -0.2) is 8.42 Å². The Labute approximate surface area is 125 Å². The molecule has 1 fully saturated rings. The molecule has 1 amide bonds. The Bertz CT molecular complexity index is 590. The third-order valence-electron chi connectivity index (χ3n) is 3.58. The molecule has 6 nitrogen and oxygen atoms in total. The van der Waals surface area contributed by atoms with Crippen LogP contribution < -0.4 is 4.72 Å². The van der Waals surface area contributed by atoms with Gasteiger partial charge in [-0.1, -0.05) is 0 Å². The topological polar surface area (TPSA) is 69.7 Å². The van der Waals surface area contributed by atoms with Crippen LogP contribution in [0.2, 0.25) is 0 Å². The summed E-state index contributed by atoms with van der Waals surface area (Å²) in [6.45, 7) is 4.77. The molecule has 0 atom stereocenters. The highest BCUT2D eigenvalue weighted by Gasteiger charge is 2.20. The molecule has 7 heteroatoms. The van der Waals surface area contributed by atoms with Gasteiger partial charge >= 0.3 is 0 Å². The third-order valence-corrected chi connectivity index (χ3v) is 4.88. The fourth-order valence-electron chi connectivity index (χ4n) is 2.12. The molecule has 1 aliphatic rings. The van der Waals surface area contributed by atoms with E-state index in [1.807, 2.05) is 11.9 Å². The molecule has 116 valence electrons. The number of rotatable bonds is 4. The number of sulfonamides is 1. The molecule has 1 aromatic rings. The first-order valence-electron chi connectivity index (χ1n) is 6.99. The van der Waals surface area contributed by atoms with Crippen LogP contribution in [0.5, 0.6) is 0 Å². The second-order valence-electron chi connectivity index (χ2n) is 5.18. The van der Waals surface area contributed by atoms with Crippen LogP contribution in [0.3, 0.4) is 0 Å². The summed E-state index contributed by atoms with van der Waals surface area (Å²) in [4.78, 5) is 16.3. The molecule has 0 unspecified atom stereocenters. The van der Waals surface area contributed by atoms with E-state index in [0.29, 0.717) is 11.3 Å². The lowest BCUT2D eigenvalue weighted by molar-refractivity contribution is 0.0664. The van der Waals surface area contributed by atoms with Crippen LogP contribution in [0.1, 0.15) is 17.3 Å². The van der Waals surface area contributed by atoms with Crippen molar-refractivity contribution in [3.63, 3.8) is 0 Å². The number of amides is 1. The maximum absolute atomic E-state index is 12.3. The Hall–Kier alpha value is -1.60. The SMILES string of the molecule is CCS(=O)(=O)Nc1ccc(C(=O)N2CCN(C)CC2)cc1. The zero-order valence-electron chi connectivity index (χ0n) is 12.4. The highest BCUT2D eigenvalue weighted by Crippen LogP contribution is 2.14. The number of carbonyl (C=O) groups excluding carboxylic acids is 1. The zero-order valence-corrected chi connectivity index (χ0v) is 13.2. The van der Waals surface area contributed by atoms with Crippen LogP contribution in [-0.2, 0) is 10.0 Å². The van der Waals surface area contributed by atoms with E-state index in [2.05, 4.69) is 9.62 Å². The number of nitrogens with one attached hydrogen (secondary N) is 1. The van der Waals surface area contributed by atoms with E-state index in [-0.39, 0.29) is 11.7 Å². The highest BCUT2D eigenvalue weighted by molar-refractivity contribution is 7.92. The van der Waals surface area contributed by atoms with E-state index in [4.69, 9.17) is 0 Å². The van der Waals surface area contributed by atoms with Crippen molar-refractivity contribution in [3.8, 4) is 0 Å². The van der Waals surface area contributed by atoms with E-state index in [1.54, 1.807) is 31.2 Å². The van der Waals surface area contributed by atoms with Gasteiger partial charge in [-0.3, -0.25) is 9.52 Å². The molecule has 1 aliphatic heterocycles. The molecule has 2 rings (SSSR count). The second kappa shape index (κ2) is 6.44. The van der Waals surface area contributed by atoms with Crippen molar-refractivity contribution in [2.24, 2.45) is 0 Å². The predicted molar refractivity (Wildman–Crippen MR) is 82.9 cm³/mol. The van der Waals surface area contributed by atoms with Crippen molar-refractivity contribution in [1.82, 2.24) is 9.80 Å². The lowest BCUT2D eigenvalue weighted by Crippen LogP contribution is -2.47. The number of benzene rings is 1. The van der Waals surface area contributed by atoms with Gasteiger partial charge in [-0.05, 0) is 38.2 Å². The van der Waals surface area contributed by atoms with Crippen molar-refractivity contribution in [3.05, 3.63) is 29.8 Å². The van der Waals surface area contributed by atoms with Crippen LogP contribution in [-0.4, -0.2) is 63.1 Å². The van der Waals surface area contributed by atoms with Gasteiger partial charge in [-0.15, -0.1) is 0 Å². The summed E-state index contributed by atoms with van der Waals surface area (Å²) in [5.74, 6) is 0.0163. The minimum atomic E-state index is -3.28. The van der Waals surface area contributed by atoms with Crippen molar-refractivity contribution < 1.29 is 13.2 Å². The molecule has 1 heterocycles. The van der Waals surface area contributed by atoms with Crippen LogP contribution >= 0.6 is 0 Å². The number of piperazine rings is 1. The van der Waals surface area contributed by atoms with Gasteiger partial charge in [0.15, 0.2) is 0 Å². The summed E-state index contributed by atoms with van der Waals surface area (Å²) in [6, 6.07) is 6.56. The van der Waals surface area contributed by atoms with Crippen LogP contribution in [0.4, 0.5) is 5.69 Å². The minimum Gasteiger partial charge on any atom is -0.336 e. The first kappa shape index (κ1) is 15.8. The number of hydrogen-bond acceptors (Lipinski definition) is 4. The molecule has 0 aromatic heterocycles. The summed E-state index contributed by atoms with van der Waals surface area (Å²) in [5.41, 5.74) is 1.06. The molecule has 1 saturated heterocycles. The highest BCUT2D eigenvalue weighted by atomic mass is 32.2. The molecule has 0 radical (unpaired) electrons. The van der Waals surface area contributed by atoms with E-state index in [0.717, 1.165) is 26.2 Å². The average Bonchev–Trinajstić information content (AvgIpc) is 2.48. The lowest BCUT2D eigenvalue weighted by atomic mass is 10.1. The number of nitrogens with zero attached hydrogens (tertiary/aromatic N) is 2. The van der Waals surface area contributed by atoms with Crippen molar-refractivity contribution >= 4 is 21.6 Å². The molecule has 1 aromatic carbocycles. The van der Waals surface area contributed by atoms with E-state index in [1.165, 1.54) is 0 Å². The molecule has 1 N–H and O–H groups in total. The normalized spacial score (nSPS) is 16.8. The van der Waals surface area contributed by atoms with Gasteiger partial charge in [0.2, 0.25) is 10.0 Å². The Morgan fingerprint density at radius 1 is 1.14 bits per heavy atom. The second-order valence-corrected chi connectivity index (χ2v) is 7.19. The first-order valence-corrected chi connectivity index (χ1v) is 8.65. The first-order chi connectivity index (χ1) is 9.91. The summed E-state index contributed by atoms with van der Waals surface area (Å²) >= 11 is 0.